The Bertz CT molecular complexity index is 1410. The minimum Gasteiger partial charge on any atom is -0.354 e. The van der Waals surface area contributed by atoms with Crippen LogP contribution in [0, 0.1) is 18.7 Å². The fraction of sp³-hybridized carbons (Fsp3) is 0.310. The Balaban J connectivity index is 2.02. The van der Waals surface area contributed by atoms with Crippen LogP contribution in [0.5, 0.6) is 0 Å². The van der Waals surface area contributed by atoms with Crippen molar-refractivity contribution >= 4 is 39.1 Å². The molecule has 3 rings (SSSR count). The number of nitrogens with one attached hydrogen (secondary N) is 1. The van der Waals surface area contributed by atoms with Crippen molar-refractivity contribution in [3.63, 3.8) is 0 Å². The summed E-state index contributed by atoms with van der Waals surface area (Å²) in [4.78, 5) is 28.0. The first-order chi connectivity index (χ1) is 18.4. The Morgan fingerprint density at radius 3 is 2.26 bits per heavy atom. The maximum Gasteiger partial charge on any atom is 0.264 e. The van der Waals surface area contributed by atoms with E-state index in [4.69, 9.17) is 11.6 Å². The van der Waals surface area contributed by atoms with Crippen LogP contribution in [-0.2, 0) is 26.2 Å². The van der Waals surface area contributed by atoms with Gasteiger partial charge >= 0.3 is 0 Å². The van der Waals surface area contributed by atoms with Crippen LogP contribution in [0.3, 0.4) is 0 Å². The second kappa shape index (κ2) is 13.1. The summed E-state index contributed by atoms with van der Waals surface area (Å²) in [6, 6.07) is 17.3. The highest BCUT2D eigenvalue weighted by Gasteiger charge is 2.33. The summed E-state index contributed by atoms with van der Waals surface area (Å²) >= 11 is 6.17. The van der Waals surface area contributed by atoms with Gasteiger partial charge in [0.2, 0.25) is 11.8 Å². The zero-order valence-corrected chi connectivity index (χ0v) is 24.0. The van der Waals surface area contributed by atoms with E-state index in [1.807, 2.05) is 20.8 Å². The van der Waals surface area contributed by atoms with Crippen molar-refractivity contribution < 1.29 is 22.4 Å². The fourth-order valence-corrected chi connectivity index (χ4v) is 5.43. The van der Waals surface area contributed by atoms with Gasteiger partial charge in [-0.05, 0) is 56.2 Å². The summed E-state index contributed by atoms with van der Waals surface area (Å²) in [5.41, 5.74) is 1.25. The Morgan fingerprint density at radius 2 is 1.64 bits per heavy atom. The van der Waals surface area contributed by atoms with E-state index in [9.17, 15) is 22.4 Å². The van der Waals surface area contributed by atoms with E-state index < -0.39 is 40.2 Å². The summed E-state index contributed by atoms with van der Waals surface area (Å²) in [5.74, 6) is -1.47. The van der Waals surface area contributed by atoms with Crippen LogP contribution in [0.1, 0.15) is 31.9 Å². The van der Waals surface area contributed by atoms with Gasteiger partial charge in [0.25, 0.3) is 10.0 Å². The molecule has 0 radical (unpaired) electrons. The molecule has 1 atom stereocenters. The van der Waals surface area contributed by atoms with Gasteiger partial charge in [0.15, 0.2) is 0 Å². The summed E-state index contributed by atoms with van der Waals surface area (Å²) in [5, 5.41) is 3.08. The van der Waals surface area contributed by atoms with Crippen molar-refractivity contribution in [2.75, 3.05) is 17.4 Å². The molecule has 10 heteroatoms. The number of rotatable bonds is 11. The molecule has 0 aromatic heterocycles. The van der Waals surface area contributed by atoms with Crippen molar-refractivity contribution in [3.8, 4) is 0 Å². The summed E-state index contributed by atoms with van der Waals surface area (Å²) < 4.78 is 43.1. The van der Waals surface area contributed by atoms with Gasteiger partial charge in [0, 0.05) is 23.7 Å². The van der Waals surface area contributed by atoms with Gasteiger partial charge in [0.05, 0.1) is 10.6 Å². The Kier molecular flexibility index (Phi) is 10.1. The molecular formula is C29H33ClFN3O4S. The molecule has 0 spiro atoms. The van der Waals surface area contributed by atoms with Crippen LogP contribution < -0.4 is 9.62 Å². The maximum atomic E-state index is 14.6. The first-order valence-electron chi connectivity index (χ1n) is 12.6. The van der Waals surface area contributed by atoms with Crippen molar-refractivity contribution in [1.82, 2.24) is 10.2 Å². The first kappa shape index (κ1) is 30.1. The molecule has 0 aliphatic rings. The highest BCUT2D eigenvalue weighted by atomic mass is 35.5. The number of nitrogens with zero attached hydrogens (tertiary/aromatic N) is 2. The number of anilines is 1. The predicted octanol–water partition coefficient (Wildman–Crippen LogP) is 5.17. The molecule has 208 valence electrons. The third kappa shape index (κ3) is 7.80. The monoisotopic (exact) mass is 573 g/mol. The van der Waals surface area contributed by atoms with Crippen molar-refractivity contribution in [2.45, 2.75) is 45.2 Å². The van der Waals surface area contributed by atoms with E-state index in [0.29, 0.717) is 6.54 Å². The number of amides is 2. The van der Waals surface area contributed by atoms with E-state index >= 15 is 0 Å². The van der Waals surface area contributed by atoms with Crippen LogP contribution in [-0.4, -0.2) is 44.3 Å². The van der Waals surface area contributed by atoms with Crippen LogP contribution in [0.4, 0.5) is 10.1 Å². The average molecular weight is 574 g/mol. The molecule has 0 bridgehead atoms. The third-order valence-electron chi connectivity index (χ3n) is 6.13. The lowest BCUT2D eigenvalue weighted by Gasteiger charge is -2.32. The quantitative estimate of drug-likeness (QED) is 0.343. The van der Waals surface area contributed by atoms with Crippen LogP contribution in [0.2, 0.25) is 5.02 Å². The minimum atomic E-state index is -4.21. The number of aryl methyl sites for hydroxylation is 1. The van der Waals surface area contributed by atoms with Crippen molar-refractivity contribution in [2.24, 2.45) is 5.92 Å². The summed E-state index contributed by atoms with van der Waals surface area (Å²) in [7, 11) is -4.21. The van der Waals surface area contributed by atoms with Gasteiger partial charge in [-0.3, -0.25) is 13.9 Å². The predicted molar refractivity (Wildman–Crippen MR) is 151 cm³/mol. The molecule has 3 aromatic rings. The molecule has 0 saturated carbocycles. The topological polar surface area (TPSA) is 86.8 Å². The first-order valence-corrected chi connectivity index (χ1v) is 14.4. The zero-order valence-electron chi connectivity index (χ0n) is 22.4. The molecule has 0 fully saturated rings. The fourth-order valence-electron chi connectivity index (χ4n) is 3.84. The Hall–Kier alpha value is -3.43. The third-order valence-corrected chi connectivity index (χ3v) is 8.16. The van der Waals surface area contributed by atoms with E-state index in [0.717, 1.165) is 9.87 Å². The largest absolute Gasteiger partial charge is 0.354 e. The highest BCUT2D eigenvalue weighted by molar-refractivity contribution is 7.92. The van der Waals surface area contributed by atoms with E-state index in [2.05, 4.69) is 5.32 Å². The number of sulfonamides is 1. The molecule has 1 N–H and O–H groups in total. The van der Waals surface area contributed by atoms with E-state index in [1.165, 1.54) is 54.3 Å². The molecule has 0 aliphatic heterocycles. The highest BCUT2D eigenvalue weighted by Crippen LogP contribution is 2.27. The molecule has 39 heavy (non-hydrogen) atoms. The van der Waals surface area contributed by atoms with Crippen LogP contribution in [0.25, 0.3) is 0 Å². The second-order valence-electron chi connectivity index (χ2n) is 9.73. The van der Waals surface area contributed by atoms with Crippen LogP contribution in [0.15, 0.2) is 77.7 Å². The van der Waals surface area contributed by atoms with E-state index in [1.54, 1.807) is 30.3 Å². The Morgan fingerprint density at radius 1 is 0.974 bits per heavy atom. The molecule has 2 amide bonds. The lowest BCUT2D eigenvalue weighted by atomic mass is 10.1. The molecule has 0 unspecified atom stereocenters. The van der Waals surface area contributed by atoms with Crippen molar-refractivity contribution in [1.29, 1.82) is 0 Å². The van der Waals surface area contributed by atoms with Crippen LogP contribution >= 0.6 is 11.6 Å². The average Bonchev–Trinajstić information content (AvgIpc) is 2.89. The SMILES string of the molecule is Cc1ccc(S(=O)(=O)N(CC(=O)N(Cc2ccccc2F)[C@@H](C)C(=O)NCC(C)C)c2cccc(Cl)c2)cc1. The minimum absolute atomic E-state index is 0.00995. The molecule has 7 nitrogen and oxygen atoms in total. The van der Waals surface area contributed by atoms with Crippen molar-refractivity contribution in [3.05, 3.63) is 94.8 Å². The lowest BCUT2D eigenvalue weighted by Crippen LogP contribution is -2.51. The molecule has 3 aromatic carbocycles. The molecular weight excluding hydrogens is 541 g/mol. The second-order valence-corrected chi connectivity index (χ2v) is 12.0. The zero-order chi connectivity index (χ0) is 28.7. The number of carbonyl (C=O) groups is 2. The smallest absolute Gasteiger partial charge is 0.264 e. The standard InChI is InChI=1S/C29H33ClFN3O4S/c1-20(2)17-32-29(36)22(4)33(18-23-8-5-6-11-27(23)31)28(35)19-34(25-10-7-9-24(30)16-25)39(37,38)26-14-12-21(3)13-15-26/h5-16,20,22H,17-19H2,1-4H3,(H,32,36)/t22-/m0/s1. The van der Waals surface area contributed by atoms with Gasteiger partial charge in [-0.15, -0.1) is 0 Å². The number of halogens is 2. The normalized spacial score (nSPS) is 12.2. The summed E-state index contributed by atoms with van der Waals surface area (Å²) in [6.07, 6.45) is 0. The maximum absolute atomic E-state index is 14.6. The van der Waals surface area contributed by atoms with E-state index in [-0.39, 0.29) is 33.6 Å². The summed E-state index contributed by atoms with van der Waals surface area (Å²) in [6.45, 7) is 6.77. The van der Waals surface area contributed by atoms with Gasteiger partial charge in [-0.2, -0.15) is 0 Å². The molecule has 0 aliphatic carbocycles. The Labute approximate surface area is 234 Å². The van der Waals surface area contributed by atoms with Gasteiger partial charge in [0.1, 0.15) is 18.4 Å². The number of carbonyl (C=O) groups excluding carboxylic acids is 2. The molecule has 0 saturated heterocycles. The molecule has 0 heterocycles. The number of hydrogen-bond acceptors (Lipinski definition) is 4. The number of hydrogen-bond donors (Lipinski definition) is 1. The van der Waals surface area contributed by atoms with Gasteiger partial charge in [-0.1, -0.05) is 67.4 Å². The van der Waals surface area contributed by atoms with Gasteiger partial charge < -0.3 is 10.2 Å². The lowest BCUT2D eigenvalue weighted by molar-refractivity contribution is -0.139. The van der Waals surface area contributed by atoms with Gasteiger partial charge in [-0.25, -0.2) is 12.8 Å². The number of benzene rings is 3.